The maximum Gasteiger partial charge on any atom is 0.0841 e. The summed E-state index contributed by atoms with van der Waals surface area (Å²) in [5.41, 5.74) is 0. The molecule has 2 heterocycles. The Bertz CT molecular complexity index is 304. The Labute approximate surface area is 106 Å². The molecule has 0 radical (unpaired) electrons. The summed E-state index contributed by atoms with van der Waals surface area (Å²) >= 11 is 7.70. The van der Waals surface area contributed by atoms with E-state index < -0.39 is 0 Å². The van der Waals surface area contributed by atoms with E-state index in [9.17, 15) is 0 Å². The molecule has 90 valence electrons. The number of morpholine rings is 1. The number of hydrogen-bond acceptors (Lipinski definition) is 3. The second kappa shape index (κ2) is 6.01. The van der Waals surface area contributed by atoms with Crippen LogP contribution in [-0.4, -0.2) is 42.6 Å². The van der Waals surface area contributed by atoms with Gasteiger partial charge in [-0.1, -0.05) is 6.07 Å². The molecule has 16 heavy (non-hydrogen) atoms. The molecule has 0 aromatic carbocycles. The molecular formula is C12H18ClNOS. The van der Waals surface area contributed by atoms with Crippen LogP contribution in [0.4, 0.5) is 0 Å². The van der Waals surface area contributed by atoms with E-state index in [1.165, 1.54) is 4.88 Å². The first-order chi connectivity index (χ1) is 7.78. The van der Waals surface area contributed by atoms with Gasteiger partial charge >= 0.3 is 0 Å². The summed E-state index contributed by atoms with van der Waals surface area (Å²) in [5, 5.41) is 2.14. The molecule has 1 aromatic rings. The van der Waals surface area contributed by atoms with Crippen LogP contribution in [0.5, 0.6) is 0 Å². The number of rotatable bonds is 4. The van der Waals surface area contributed by atoms with Crippen LogP contribution in [0.3, 0.4) is 0 Å². The zero-order valence-corrected chi connectivity index (χ0v) is 11.1. The van der Waals surface area contributed by atoms with Gasteiger partial charge < -0.3 is 4.74 Å². The molecule has 1 aliphatic heterocycles. The van der Waals surface area contributed by atoms with Crippen molar-refractivity contribution in [2.24, 2.45) is 0 Å². The Morgan fingerprint density at radius 1 is 1.56 bits per heavy atom. The number of ether oxygens (including phenoxy) is 1. The number of nitrogens with zero attached hydrogens (tertiary/aromatic N) is 1. The molecule has 1 aliphatic rings. The topological polar surface area (TPSA) is 12.5 Å². The third kappa shape index (κ3) is 3.45. The van der Waals surface area contributed by atoms with Crippen LogP contribution in [0.25, 0.3) is 0 Å². The number of alkyl halides is 1. The van der Waals surface area contributed by atoms with Gasteiger partial charge in [0.1, 0.15) is 0 Å². The highest BCUT2D eigenvalue weighted by Crippen LogP contribution is 2.14. The van der Waals surface area contributed by atoms with Crippen LogP contribution in [0.1, 0.15) is 11.8 Å². The summed E-state index contributed by atoms with van der Waals surface area (Å²) in [6, 6.07) is 4.32. The van der Waals surface area contributed by atoms with Gasteiger partial charge in [0.15, 0.2) is 0 Å². The van der Waals surface area contributed by atoms with Crippen LogP contribution < -0.4 is 0 Å². The van der Waals surface area contributed by atoms with Gasteiger partial charge in [-0.25, -0.2) is 0 Å². The van der Waals surface area contributed by atoms with Gasteiger partial charge in [0.05, 0.1) is 12.2 Å². The number of halogens is 1. The second-order valence-corrected chi connectivity index (χ2v) is 5.65. The summed E-state index contributed by atoms with van der Waals surface area (Å²) in [4.78, 5) is 3.92. The molecule has 2 unspecified atom stereocenters. The van der Waals surface area contributed by atoms with E-state index in [0.29, 0.717) is 12.0 Å². The minimum absolute atomic E-state index is 0.203. The molecule has 0 amide bonds. The van der Waals surface area contributed by atoms with E-state index in [1.54, 1.807) is 0 Å². The summed E-state index contributed by atoms with van der Waals surface area (Å²) in [6.07, 6.45) is 1.65. The van der Waals surface area contributed by atoms with Gasteiger partial charge in [-0.05, 0) is 24.8 Å². The molecule has 4 heteroatoms. The number of hydrogen-bond donors (Lipinski definition) is 0. The van der Waals surface area contributed by atoms with E-state index >= 15 is 0 Å². The summed E-state index contributed by atoms with van der Waals surface area (Å²) in [6.45, 7) is 5.23. The molecule has 0 spiro atoms. The highest BCUT2D eigenvalue weighted by molar-refractivity contribution is 7.09. The quantitative estimate of drug-likeness (QED) is 0.771. The zero-order chi connectivity index (χ0) is 11.4. The Balaban J connectivity index is 1.80. The van der Waals surface area contributed by atoms with Crippen LogP contribution in [0, 0.1) is 0 Å². The first-order valence-electron chi connectivity index (χ1n) is 5.74. The fourth-order valence-corrected chi connectivity index (χ4v) is 3.00. The zero-order valence-electron chi connectivity index (χ0n) is 9.56. The van der Waals surface area contributed by atoms with Crippen molar-refractivity contribution in [1.82, 2.24) is 4.90 Å². The van der Waals surface area contributed by atoms with Crippen molar-refractivity contribution < 1.29 is 4.74 Å². The second-order valence-electron chi connectivity index (χ2n) is 4.31. The molecule has 2 rings (SSSR count). The lowest BCUT2D eigenvalue weighted by Crippen LogP contribution is -2.47. The van der Waals surface area contributed by atoms with Crippen molar-refractivity contribution in [1.29, 1.82) is 0 Å². The van der Waals surface area contributed by atoms with Gasteiger partial charge in [-0.3, -0.25) is 4.90 Å². The van der Waals surface area contributed by atoms with Crippen LogP contribution in [0.2, 0.25) is 0 Å². The lowest BCUT2D eigenvalue weighted by molar-refractivity contribution is -0.0658. The molecule has 0 saturated carbocycles. The molecule has 1 aromatic heterocycles. The average Bonchev–Trinajstić information content (AvgIpc) is 2.78. The van der Waals surface area contributed by atoms with Gasteiger partial charge in [-0.2, -0.15) is 0 Å². The SMILES string of the molecule is CC1CN(CCc2cccs2)CC(CCl)O1. The predicted octanol–water partition coefficient (Wildman–Crippen LogP) is 2.62. The highest BCUT2D eigenvalue weighted by atomic mass is 35.5. The standard InChI is InChI=1S/C12H18ClNOS/c1-10-8-14(9-11(7-13)15-10)5-4-12-3-2-6-16-12/h2-3,6,10-11H,4-5,7-9H2,1H3. The van der Waals surface area contributed by atoms with Gasteiger partial charge in [0.2, 0.25) is 0 Å². The van der Waals surface area contributed by atoms with Crippen LogP contribution in [-0.2, 0) is 11.2 Å². The predicted molar refractivity (Wildman–Crippen MR) is 69.5 cm³/mol. The van der Waals surface area contributed by atoms with E-state index in [0.717, 1.165) is 26.1 Å². The normalized spacial score (nSPS) is 27.1. The van der Waals surface area contributed by atoms with Gasteiger partial charge in [0, 0.05) is 30.4 Å². The number of thiophene rings is 1. The molecule has 2 atom stereocenters. The molecule has 1 saturated heterocycles. The van der Waals surface area contributed by atoms with Crippen LogP contribution >= 0.6 is 22.9 Å². The lowest BCUT2D eigenvalue weighted by atomic mass is 10.2. The van der Waals surface area contributed by atoms with Gasteiger partial charge in [0.25, 0.3) is 0 Å². The van der Waals surface area contributed by atoms with Crippen LogP contribution in [0.15, 0.2) is 17.5 Å². The van der Waals surface area contributed by atoms with Crippen molar-refractivity contribution >= 4 is 22.9 Å². The highest BCUT2D eigenvalue weighted by Gasteiger charge is 2.24. The van der Waals surface area contributed by atoms with Crippen molar-refractivity contribution in [3.8, 4) is 0 Å². The minimum Gasteiger partial charge on any atom is -0.371 e. The molecular weight excluding hydrogens is 242 g/mol. The Hall–Kier alpha value is -0.0900. The lowest BCUT2D eigenvalue weighted by Gasteiger charge is -2.36. The third-order valence-corrected chi connectivity index (χ3v) is 4.11. The fourth-order valence-electron chi connectivity index (χ4n) is 2.13. The first-order valence-corrected chi connectivity index (χ1v) is 7.15. The van der Waals surface area contributed by atoms with Crippen molar-refractivity contribution in [2.45, 2.75) is 25.6 Å². The summed E-state index contributed by atoms with van der Waals surface area (Å²) < 4.78 is 5.73. The van der Waals surface area contributed by atoms with Crippen molar-refractivity contribution in [3.63, 3.8) is 0 Å². The summed E-state index contributed by atoms with van der Waals surface area (Å²) in [5.74, 6) is 0.597. The first kappa shape index (κ1) is 12.4. The molecule has 1 fully saturated rings. The maximum absolute atomic E-state index is 5.86. The molecule has 0 aliphatic carbocycles. The monoisotopic (exact) mass is 259 g/mol. The third-order valence-electron chi connectivity index (χ3n) is 2.83. The molecule has 2 nitrogen and oxygen atoms in total. The minimum atomic E-state index is 0.203. The van der Waals surface area contributed by atoms with E-state index in [-0.39, 0.29) is 6.10 Å². The Kier molecular flexibility index (Phi) is 4.65. The Morgan fingerprint density at radius 2 is 2.44 bits per heavy atom. The van der Waals surface area contributed by atoms with E-state index in [4.69, 9.17) is 16.3 Å². The van der Waals surface area contributed by atoms with Gasteiger partial charge in [-0.15, -0.1) is 22.9 Å². The van der Waals surface area contributed by atoms with E-state index in [1.807, 2.05) is 11.3 Å². The van der Waals surface area contributed by atoms with Crippen molar-refractivity contribution in [3.05, 3.63) is 22.4 Å². The average molecular weight is 260 g/mol. The summed E-state index contributed by atoms with van der Waals surface area (Å²) in [7, 11) is 0. The molecule has 0 N–H and O–H groups in total. The fraction of sp³-hybridized carbons (Fsp3) is 0.667. The maximum atomic E-state index is 5.86. The van der Waals surface area contributed by atoms with Crippen molar-refractivity contribution in [2.75, 3.05) is 25.5 Å². The molecule has 0 bridgehead atoms. The van der Waals surface area contributed by atoms with E-state index in [2.05, 4.69) is 29.3 Å². The largest absolute Gasteiger partial charge is 0.371 e. The smallest absolute Gasteiger partial charge is 0.0841 e. The Morgan fingerprint density at radius 3 is 3.12 bits per heavy atom.